The van der Waals surface area contributed by atoms with Gasteiger partial charge in [-0.2, -0.15) is 4.57 Å². The number of rotatable bonds is 9. The highest BCUT2D eigenvalue weighted by atomic mass is 32.2. The zero-order chi connectivity index (χ0) is 14.9. The smallest absolute Gasteiger partial charge is 0.189 e. The van der Waals surface area contributed by atoms with Gasteiger partial charge in [0.1, 0.15) is 0 Å². The standard InChI is InChI=1S/C19H28NS/c1-3-4-5-6-7-8-14-21-16-20-13-9-10-18-15-17(2)11-12-19(18)20/h9-13,15H,3-8,14,16H2,1-2H3/q+1. The quantitative estimate of drug-likeness (QED) is 0.438. The normalized spacial score (nSPS) is 11.1. The van der Waals surface area contributed by atoms with Gasteiger partial charge in [-0.1, -0.05) is 62.4 Å². The highest BCUT2D eigenvalue weighted by Crippen LogP contribution is 2.14. The fourth-order valence-electron chi connectivity index (χ4n) is 2.66. The Morgan fingerprint density at radius 3 is 2.67 bits per heavy atom. The Hall–Kier alpha value is -1.02. The molecule has 0 spiro atoms. The van der Waals surface area contributed by atoms with Crippen LogP contribution in [0.3, 0.4) is 0 Å². The van der Waals surface area contributed by atoms with Gasteiger partial charge < -0.3 is 0 Å². The van der Waals surface area contributed by atoms with E-state index in [9.17, 15) is 0 Å². The number of aryl methyl sites for hydroxylation is 1. The molecule has 114 valence electrons. The maximum Gasteiger partial charge on any atom is 0.213 e. The summed E-state index contributed by atoms with van der Waals surface area (Å²) in [5, 5.41) is 1.35. The van der Waals surface area contributed by atoms with Crippen molar-refractivity contribution in [1.29, 1.82) is 0 Å². The number of nitrogens with zero attached hydrogens (tertiary/aromatic N) is 1. The van der Waals surface area contributed by atoms with E-state index in [4.69, 9.17) is 0 Å². The topological polar surface area (TPSA) is 3.88 Å². The monoisotopic (exact) mass is 302 g/mol. The lowest BCUT2D eigenvalue weighted by Crippen LogP contribution is -2.32. The van der Waals surface area contributed by atoms with Gasteiger partial charge in [-0.3, -0.25) is 0 Å². The molecule has 0 bridgehead atoms. The van der Waals surface area contributed by atoms with E-state index in [0.29, 0.717) is 0 Å². The summed E-state index contributed by atoms with van der Waals surface area (Å²) in [4.78, 5) is 0. The fraction of sp³-hybridized carbons (Fsp3) is 0.526. The Morgan fingerprint density at radius 1 is 1.00 bits per heavy atom. The molecule has 0 saturated carbocycles. The van der Waals surface area contributed by atoms with Crippen LogP contribution in [0.25, 0.3) is 10.9 Å². The van der Waals surface area contributed by atoms with Crippen molar-refractivity contribution >= 4 is 22.7 Å². The molecular formula is C19H28NS+. The van der Waals surface area contributed by atoms with Gasteiger partial charge in [-0.15, -0.1) is 0 Å². The predicted octanol–water partition coefficient (Wildman–Crippen LogP) is 5.49. The SMILES string of the molecule is CCCCCCCCSC[n+]1cccc2cc(C)ccc21. The lowest BCUT2D eigenvalue weighted by atomic mass is 10.1. The molecule has 2 rings (SSSR count). The second kappa shape index (κ2) is 9.09. The maximum absolute atomic E-state index is 2.37. The number of unbranched alkanes of at least 4 members (excludes halogenated alkanes) is 5. The van der Waals surface area contributed by atoms with Gasteiger partial charge in [0.15, 0.2) is 12.1 Å². The summed E-state index contributed by atoms with van der Waals surface area (Å²) in [5.41, 5.74) is 2.68. The molecule has 0 unspecified atom stereocenters. The molecule has 0 aliphatic rings. The van der Waals surface area contributed by atoms with Crippen molar-refractivity contribution in [2.75, 3.05) is 5.75 Å². The van der Waals surface area contributed by atoms with Crippen LogP contribution in [0.2, 0.25) is 0 Å². The molecule has 21 heavy (non-hydrogen) atoms. The highest BCUT2D eigenvalue weighted by molar-refractivity contribution is 7.98. The molecule has 1 heterocycles. The predicted molar refractivity (Wildman–Crippen MR) is 94.7 cm³/mol. The lowest BCUT2D eigenvalue weighted by Gasteiger charge is -2.03. The van der Waals surface area contributed by atoms with Crippen LogP contribution in [0.1, 0.15) is 51.0 Å². The van der Waals surface area contributed by atoms with Gasteiger partial charge >= 0.3 is 0 Å². The molecule has 0 N–H and O–H groups in total. The van der Waals surface area contributed by atoms with Crippen molar-refractivity contribution in [3.8, 4) is 0 Å². The first kappa shape index (κ1) is 16.4. The van der Waals surface area contributed by atoms with Gasteiger partial charge in [0.2, 0.25) is 5.52 Å². The van der Waals surface area contributed by atoms with E-state index < -0.39 is 0 Å². The van der Waals surface area contributed by atoms with Crippen LogP contribution in [-0.2, 0) is 5.88 Å². The summed E-state index contributed by atoms with van der Waals surface area (Å²) in [6, 6.07) is 11.1. The minimum absolute atomic E-state index is 1.06. The minimum atomic E-state index is 1.06. The molecule has 1 nitrogen and oxygen atoms in total. The van der Waals surface area contributed by atoms with E-state index >= 15 is 0 Å². The number of hydrogen-bond acceptors (Lipinski definition) is 1. The Kier molecular flexibility index (Phi) is 7.08. The van der Waals surface area contributed by atoms with Crippen molar-refractivity contribution in [2.45, 2.75) is 58.2 Å². The largest absolute Gasteiger partial charge is 0.213 e. The molecule has 0 fully saturated rings. The molecule has 2 heteroatoms. The molecule has 1 aromatic carbocycles. The first-order valence-corrected chi connectivity index (χ1v) is 9.43. The summed E-state index contributed by atoms with van der Waals surface area (Å²) in [6.45, 7) is 4.43. The first-order chi connectivity index (χ1) is 10.3. The van der Waals surface area contributed by atoms with Crippen molar-refractivity contribution in [1.82, 2.24) is 0 Å². The summed E-state index contributed by atoms with van der Waals surface area (Å²) < 4.78 is 2.37. The average molecular weight is 303 g/mol. The van der Waals surface area contributed by atoms with E-state index in [1.165, 1.54) is 60.7 Å². The molecule has 2 aromatic rings. The Balaban J connectivity index is 1.76. The summed E-state index contributed by atoms with van der Waals surface area (Å²) >= 11 is 2.05. The minimum Gasteiger partial charge on any atom is -0.189 e. The number of aromatic nitrogens is 1. The Bertz CT molecular complexity index is 550. The van der Waals surface area contributed by atoms with Gasteiger partial charge in [0.25, 0.3) is 0 Å². The summed E-state index contributed by atoms with van der Waals surface area (Å²) in [6.07, 6.45) is 10.5. The highest BCUT2D eigenvalue weighted by Gasteiger charge is 2.07. The van der Waals surface area contributed by atoms with Crippen LogP contribution in [-0.4, -0.2) is 5.75 Å². The third-order valence-corrected chi connectivity index (χ3v) is 4.94. The number of pyridine rings is 1. The molecule has 0 aliphatic carbocycles. The molecule has 0 saturated heterocycles. The fourth-order valence-corrected chi connectivity index (χ4v) is 3.62. The number of thioether (sulfide) groups is 1. The van der Waals surface area contributed by atoms with E-state index in [-0.39, 0.29) is 0 Å². The maximum atomic E-state index is 2.37. The second-order valence-corrected chi connectivity index (χ2v) is 6.92. The Morgan fingerprint density at radius 2 is 1.81 bits per heavy atom. The third kappa shape index (κ3) is 5.35. The zero-order valence-electron chi connectivity index (χ0n) is 13.5. The molecule has 0 atom stereocenters. The number of fused-ring (bicyclic) bond motifs is 1. The third-order valence-electron chi connectivity index (χ3n) is 3.91. The molecule has 0 aliphatic heterocycles. The zero-order valence-corrected chi connectivity index (χ0v) is 14.3. The van der Waals surface area contributed by atoms with E-state index in [2.05, 4.69) is 66.7 Å². The molecular weight excluding hydrogens is 274 g/mol. The Labute approximate surface area is 133 Å². The lowest BCUT2D eigenvalue weighted by molar-refractivity contribution is -0.649. The van der Waals surface area contributed by atoms with Crippen LogP contribution >= 0.6 is 11.8 Å². The van der Waals surface area contributed by atoms with Crippen molar-refractivity contribution in [3.05, 3.63) is 42.1 Å². The average Bonchev–Trinajstić information content (AvgIpc) is 2.49. The molecule has 0 amide bonds. The number of hydrogen-bond donors (Lipinski definition) is 0. The molecule has 0 radical (unpaired) electrons. The van der Waals surface area contributed by atoms with Crippen LogP contribution in [0.4, 0.5) is 0 Å². The molecule has 1 aromatic heterocycles. The van der Waals surface area contributed by atoms with E-state index in [0.717, 1.165) is 5.88 Å². The van der Waals surface area contributed by atoms with E-state index in [1.807, 2.05) is 0 Å². The van der Waals surface area contributed by atoms with Gasteiger partial charge in [-0.25, -0.2) is 0 Å². The van der Waals surface area contributed by atoms with Gasteiger partial charge in [-0.05, 0) is 31.2 Å². The van der Waals surface area contributed by atoms with Crippen LogP contribution in [0, 0.1) is 6.92 Å². The summed E-state index contributed by atoms with van der Waals surface area (Å²) in [5.74, 6) is 2.34. The van der Waals surface area contributed by atoms with E-state index in [1.54, 1.807) is 0 Å². The van der Waals surface area contributed by atoms with Crippen molar-refractivity contribution in [2.24, 2.45) is 0 Å². The second-order valence-electron chi connectivity index (χ2n) is 5.85. The summed E-state index contributed by atoms with van der Waals surface area (Å²) in [7, 11) is 0. The van der Waals surface area contributed by atoms with Gasteiger partial charge in [0, 0.05) is 17.5 Å². The first-order valence-electron chi connectivity index (χ1n) is 8.28. The van der Waals surface area contributed by atoms with Crippen LogP contribution < -0.4 is 4.57 Å². The van der Waals surface area contributed by atoms with Gasteiger partial charge in [0.05, 0.1) is 0 Å². The number of benzene rings is 1. The van der Waals surface area contributed by atoms with Crippen molar-refractivity contribution < 1.29 is 4.57 Å². The van der Waals surface area contributed by atoms with Crippen LogP contribution in [0.15, 0.2) is 36.5 Å². The van der Waals surface area contributed by atoms with Crippen LogP contribution in [0.5, 0.6) is 0 Å². The van der Waals surface area contributed by atoms with Crippen molar-refractivity contribution in [3.63, 3.8) is 0 Å².